The first kappa shape index (κ1) is 16.0. The van der Waals surface area contributed by atoms with Gasteiger partial charge in [-0.3, -0.25) is 10.1 Å². The number of aromatic nitrogens is 1. The zero-order chi connectivity index (χ0) is 16.1. The zero-order valence-corrected chi connectivity index (χ0v) is 13.4. The number of esters is 1. The summed E-state index contributed by atoms with van der Waals surface area (Å²) in [5.41, 5.74) is 2.78. The van der Waals surface area contributed by atoms with Crippen LogP contribution in [0.15, 0.2) is 29.6 Å². The van der Waals surface area contributed by atoms with E-state index < -0.39 is 11.9 Å². The van der Waals surface area contributed by atoms with Crippen molar-refractivity contribution in [3.63, 3.8) is 0 Å². The van der Waals surface area contributed by atoms with E-state index in [1.807, 2.05) is 48.6 Å². The van der Waals surface area contributed by atoms with Crippen molar-refractivity contribution in [1.82, 2.24) is 4.98 Å². The van der Waals surface area contributed by atoms with Crippen LogP contribution in [0.5, 0.6) is 0 Å². The van der Waals surface area contributed by atoms with Crippen LogP contribution in [0.4, 0.5) is 10.8 Å². The minimum Gasteiger partial charge on any atom is -0.459 e. The molecule has 0 radical (unpaired) electrons. The highest BCUT2D eigenvalue weighted by molar-refractivity contribution is 7.14. The maximum Gasteiger partial charge on any atom is 0.397 e. The lowest BCUT2D eigenvalue weighted by Gasteiger charge is -2.12. The van der Waals surface area contributed by atoms with E-state index in [1.54, 1.807) is 6.92 Å². The number of anilines is 2. The van der Waals surface area contributed by atoms with Crippen molar-refractivity contribution in [2.24, 2.45) is 0 Å². The lowest BCUT2D eigenvalue weighted by atomic mass is 10.1. The molecule has 0 fully saturated rings. The molecular formula is C15H17N3O3S. The topological polar surface area (TPSA) is 71.5 Å². The summed E-state index contributed by atoms with van der Waals surface area (Å²) in [6.45, 7) is 1.80. The fourth-order valence-corrected chi connectivity index (χ4v) is 2.45. The molecule has 1 aromatic carbocycles. The monoisotopic (exact) mass is 319 g/mol. The Morgan fingerprint density at radius 2 is 1.95 bits per heavy atom. The average molecular weight is 319 g/mol. The highest BCUT2D eigenvalue weighted by atomic mass is 32.1. The van der Waals surface area contributed by atoms with Crippen LogP contribution in [0.1, 0.15) is 6.92 Å². The maximum absolute atomic E-state index is 11.5. The van der Waals surface area contributed by atoms with E-state index in [-0.39, 0.29) is 6.61 Å². The van der Waals surface area contributed by atoms with Crippen molar-refractivity contribution in [1.29, 1.82) is 0 Å². The first-order chi connectivity index (χ1) is 10.5. The van der Waals surface area contributed by atoms with Crippen molar-refractivity contribution in [3.8, 4) is 11.3 Å². The summed E-state index contributed by atoms with van der Waals surface area (Å²) in [6, 6.07) is 7.90. The molecule has 0 aliphatic heterocycles. The first-order valence-corrected chi connectivity index (χ1v) is 7.60. The lowest BCUT2D eigenvalue weighted by molar-refractivity contribution is -0.152. The van der Waals surface area contributed by atoms with Gasteiger partial charge in [0.15, 0.2) is 5.13 Å². The second kappa shape index (κ2) is 7.04. The third-order valence-electron chi connectivity index (χ3n) is 2.86. The molecule has 0 unspecified atom stereocenters. The van der Waals surface area contributed by atoms with E-state index in [2.05, 4.69) is 15.0 Å². The minimum absolute atomic E-state index is 0.160. The van der Waals surface area contributed by atoms with E-state index in [4.69, 9.17) is 0 Å². The van der Waals surface area contributed by atoms with Crippen LogP contribution < -0.4 is 10.2 Å². The summed E-state index contributed by atoms with van der Waals surface area (Å²) in [5, 5.41) is 4.62. The number of rotatable bonds is 4. The highest BCUT2D eigenvalue weighted by Crippen LogP contribution is 2.26. The van der Waals surface area contributed by atoms with E-state index in [0.717, 1.165) is 16.9 Å². The molecule has 1 heterocycles. The first-order valence-electron chi connectivity index (χ1n) is 6.72. The fourth-order valence-electron chi connectivity index (χ4n) is 1.74. The van der Waals surface area contributed by atoms with E-state index in [0.29, 0.717) is 5.13 Å². The van der Waals surface area contributed by atoms with Gasteiger partial charge in [-0.05, 0) is 19.1 Å². The molecule has 0 atom stereocenters. The molecular weight excluding hydrogens is 302 g/mol. The molecule has 6 nitrogen and oxygen atoms in total. The number of benzene rings is 1. The molecule has 2 aromatic rings. The van der Waals surface area contributed by atoms with Gasteiger partial charge in [0, 0.05) is 30.7 Å². The van der Waals surface area contributed by atoms with Gasteiger partial charge in [-0.25, -0.2) is 9.78 Å². The normalized spacial score (nSPS) is 10.1. The van der Waals surface area contributed by atoms with Crippen LogP contribution in [0.2, 0.25) is 0 Å². The summed E-state index contributed by atoms with van der Waals surface area (Å²) in [7, 11) is 3.95. The molecule has 1 aromatic heterocycles. The zero-order valence-electron chi connectivity index (χ0n) is 12.6. The number of nitrogens with zero attached hydrogens (tertiary/aromatic N) is 2. The Kier molecular flexibility index (Phi) is 5.11. The number of amides is 1. The van der Waals surface area contributed by atoms with Gasteiger partial charge in [0.1, 0.15) is 0 Å². The van der Waals surface area contributed by atoms with Crippen LogP contribution in [0.3, 0.4) is 0 Å². The Bertz CT molecular complexity index is 665. The van der Waals surface area contributed by atoms with E-state index in [9.17, 15) is 9.59 Å². The number of carbonyl (C=O) groups is 2. The van der Waals surface area contributed by atoms with Gasteiger partial charge >= 0.3 is 11.9 Å². The Morgan fingerprint density at radius 1 is 1.27 bits per heavy atom. The van der Waals surface area contributed by atoms with Gasteiger partial charge in [0.05, 0.1) is 12.3 Å². The summed E-state index contributed by atoms with van der Waals surface area (Å²) < 4.78 is 4.62. The van der Waals surface area contributed by atoms with E-state index >= 15 is 0 Å². The summed E-state index contributed by atoms with van der Waals surface area (Å²) >= 11 is 1.26. The Hall–Kier alpha value is -2.41. The van der Waals surface area contributed by atoms with Crippen molar-refractivity contribution in [3.05, 3.63) is 29.6 Å². The second-order valence-electron chi connectivity index (χ2n) is 4.65. The highest BCUT2D eigenvalue weighted by Gasteiger charge is 2.16. The van der Waals surface area contributed by atoms with Crippen LogP contribution in [0, 0.1) is 0 Å². The SMILES string of the molecule is CCOC(=O)C(=O)Nc1nc(-c2ccc(N(C)C)cc2)cs1. The molecule has 1 N–H and O–H groups in total. The van der Waals surface area contributed by atoms with Gasteiger partial charge in [0.2, 0.25) is 0 Å². The molecule has 7 heteroatoms. The van der Waals surface area contributed by atoms with Gasteiger partial charge in [-0.1, -0.05) is 12.1 Å². The third-order valence-corrected chi connectivity index (χ3v) is 3.62. The maximum atomic E-state index is 11.5. The largest absolute Gasteiger partial charge is 0.459 e. The van der Waals surface area contributed by atoms with Gasteiger partial charge in [0.25, 0.3) is 0 Å². The minimum atomic E-state index is -0.908. The van der Waals surface area contributed by atoms with Crippen molar-refractivity contribution >= 4 is 34.0 Å². The molecule has 0 saturated heterocycles. The van der Waals surface area contributed by atoms with Crippen molar-refractivity contribution in [2.45, 2.75) is 6.92 Å². The predicted molar refractivity (Wildman–Crippen MR) is 87.1 cm³/mol. The van der Waals surface area contributed by atoms with Crippen LogP contribution in [-0.4, -0.2) is 37.6 Å². The standard InChI is InChI=1S/C15H17N3O3S/c1-4-21-14(20)13(19)17-15-16-12(9-22-15)10-5-7-11(8-6-10)18(2)3/h5-9H,4H2,1-3H3,(H,16,17,19). The Labute approximate surface area is 132 Å². The smallest absolute Gasteiger partial charge is 0.397 e. The summed E-state index contributed by atoms with van der Waals surface area (Å²) in [5.74, 6) is -1.72. The summed E-state index contributed by atoms with van der Waals surface area (Å²) in [4.78, 5) is 29.1. The third kappa shape index (κ3) is 3.82. The number of thiazole rings is 1. The predicted octanol–water partition coefficient (Wildman–Crippen LogP) is 2.38. The molecule has 116 valence electrons. The Morgan fingerprint density at radius 3 is 2.55 bits per heavy atom. The molecule has 0 aliphatic carbocycles. The van der Waals surface area contributed by atoms with Crippen LogP contribution in [0.25, 0.3) is 11.3 Å². The molecule has 0 bridgehead atoms. The van der Waals surface area contributed by atoms with Crippen molar-refractivity contribution < 1.29 is 14.3 Å². The molecule has 0 saturated carbocycles. The molecule has 0 spiro atoms. The fraction of sp³-hybridized carbons (Fsp3) is 0.267. The average Bonchev–Trinajstić information content (AvgIpc) is 2.96. The number of hydrogen-bond acceptors (Lipinski definition) is 6. The number of hydrogen-bond donors (Lipinski definition) is 1. The summed E-state index contributed by atoms with van der Waals surface area (Å²) in [6.07, 6.45) is 0. The molecule has 0 aliphatic rings. The number of carbonyl (C=O) groups excluding carboxylic acids is 2. The van der Waals surface area contributed by atoms with Gasteiger partial charge in [-0.2, -0.15) is 0 Å². The number of nitrogens with one attached hydrogen (secondary N) is 1. The lowest BCUT2D eigenvalue weighted by Crippen LogP contribution is -2.24. The van der Waals surface area contributed by atoms with Crippen molar-refractivity contribution in [2.75, 3.05) is 30.9 Å². The van der Waals surface area contributed by atoms with Gasteiger partial charge < -0.3 is 9.64 Å². The van der Waals surface area contributed by atoms with E-state index in [1.165, 1.54) is 11.3 Å². The second-order valence-corrected chi connectivity index (χ2v) is 5.51. The quantitative estimate of drug-likeness (QED) is 0.692. The molecule has 22 heavy (non-hydrogen) atoms. The molecule has 1 amide bonds. The Balaban J connectivity index is 2.08. The van der Waals surface area contributed by atoms with Gasteiger partial charge in [-0.15, -0.1) is 11.3 Å². The van der Waals surface area contributed by atoms with Crippen LogP contribution >= 0.6 is 11.3 Å². The van der Waals surface area contributed by atoms with Crippen LogP contribution in [-0.2, 0) is 14.3 Å². The number of ether oxygens (including phenoxy) is 1. The molecule has 2 rings (SSSR count).